The molecule has 0 aliphatic heterocycles. The zero-order valence-corrected chi connectivity index (χ0v) is 18.5. The van der Waals surface area contributed by atoms with Crippen LogP contribution >= 0.6 is 0 Å². The Hall–Kier alpha value is -2.50. The van der Waals surface area contributed by atoms with Crippen molar-refractivity contribution < 1.29 is 9.59 Å². The largest absolute Gasteiger partial charge is 0.342 e. The summed E-state index contributed by atoms with van der Waals surface area (Å²) in [4.78, 5) is 31.6. The normalized spacial score (nSPS) is 15.5. The van der Waals surface area contributed by atoms with Gasteiger partial charge < -0.3 is 4.90 Å². The summed E-state index contributed by atoms with van der Waals surface area (Å²) in [5.74, 6) is 1.19. The Morgan fingerprint density at radius 3 is 2.59 bits per heavy atom. The van der Waals surface area contributed by atoms with Gasteiger partial charge in [0.25, 0.3) is 5.91 Å². The van der Waals surface area contributed by atoms with Crippen molar-refractivity contribution in [1.82, 2.24) is 19.7 Å². The fraction of sp³-hybridized carbons (Fsp3) is 0.565. The summed E-state index contributed by atoms with van der Waals surface area (Å²) < 4.78 is 1.82. The molecule has 1 aliphatic carbocycles. The predicted molar refractivity (Wildman–Crippen MR) is 114 cm³/mol. The quantitative estimate of drug-likeness (QED) is 0.737. The van der Waals surface area contributed by atoms with E-state index in [1.807, 2.05) is 17.7 Å². The first kappa shape index (κ1) is 21.2. The van der Waals surface area contributed by atoms with Gasteiger partial charge in [0.05, 0.1) is 22.5 Å². The van der Waals surface area contributed by atoms with Gasteiger partial charge in [0.15, 0.2) is 11.6 Å². The molecule has 0 saturated carbocycles. The van der Waals surface area contributed by atoms with Crippen LogP contribution in [0.3, 0.4) is 0 Å². The molecular weight excluding hydrogens is 364 g/mol. The first-order chi connectivity index (χ1) is 13.6. The number of hydrogen-bond acceptors (Lipinski definition) is 4. The van der Waals surface area contributed by atoms with Gasteiger partial charge in [-0.15, -0.1) is 0 Å². The fourth-order valence-corrected chi connectivity index (χ4v) is 4.04. The summed E-state index contributed by atoms with van der Waals surface area (Å²) in [6.45, 7) is 11.3. The molecule has 1 amide bonds. The van der Waals surface area contributed by atoms with Gasteiger partial charge in [-0.3, -0.25) is 9.59 Å². The number of carbonyl (C=O) groups is 2. The molecular formula is C23H32N4O2. The van der Waals surface area contributed by atoms with E-state index in [1.54, 1.807) is 24.2 Å². The monoisotopic (exact) mass is 396 g/mol. The maximum Gasteiger partial charge on any atom is 0.255 e. The average Bonchev–Trinajstić information content (AvgIpc) is 2.97. The third kappa shape index (κ3) is 4.41. The van der Waals surface area contributed by atoms with Gasteiger partial charge in [-0.2, -0.15) is 5.10 Å². The number of aromatic nitrogens is 3. The highest BCUT2D eigenvalue weighted by Gasteiger charge is 2.36. The first-order valence-electron chi connectivity index (χ1n) is 10.5. The van der Waals surface area contributed by atoms with Crippen molar-refractivity contribution in [2.45, 2.75) is 60.3 Å². The van der Waals surface area contributed by atoms with Crippen LogP contribution in [0.5, 0.6) is 0 Å². The first-order valence-corrected chi connectivity index (χ1v) is 10.5. The molecule has 3 rings (SSSR count). The third-order valence-electron chi connectivity index (χ3n) is 5.34. The van der Waals surface area contributed by atoms with Crippen molar-refractivity contribution in [2.75, 3.05) is 13.6 Å². The highest BCUT2D eigenvalue weighted by atomic mass is 16.2. The van der Waals surface area contributed by atoms with E-state index in [2.05, 4.69) is 32.7 Å². The summed E-state index contributed by atoms with van der Waals surface area (Å²) in [6.07, 6.45) is 4.60. The van der Waals surface area contributed by atoms with Crippen LogP contribution in [0.2, 0.25) is 0 Å². The van der Waals surface area contributed by atoms with Crippen molar-refractivity contribution in [3.63, 3.8) is 0 Å². The van der Waals surface area contributed by atoms with E-state index in [9.17, 15) is 9.59 Å². The van der Waals surface area contributed by atoms with Crippen molar-refractivity contribution in [3.8, 4) is 5.82 Å². The van der Waals surface area contributed by atoms with E-state index in [0.29, 0.717) is 30.3 Å². The number of Topliss-reactive ketones (excluding diaryl/α,β-unsaturated/α-hetero) is 1. The van der Waals surface area contributed by atoms with Gasteiger partial charge in [-0.05, 0) is 42.7 Å². The van der Waals surface area contributed by atoms with Crippen molar-refractivity contribution in [2.24, 2.45) is 11.3 Å². The molecule has 0 aromatic carbocycles. The lowest BCUT2D eigenvalue weighted by Gasteiger charge is -2.29. The molecule has 0 radical (unpaired) electrons. The Morgan fingerprint density at radius 1 is 1.28 bits per heavy atom. The number of rotatable bonds is 6. The summed E-state index contributed by atoms with van der Waals surface area (Å²) >= 11 is 0. The zero-order valence-electron chi connectivity index (χ0n) is 18.5. The predicted octanol–water partition coefficient (Wildman–Crippen LogP) is 4.10. The minimum atomic E-state index is -0.101. The van der Waals surface area contributed by atoms with Gasteiger partial charge in [0.1, 0.15) is 0 Å². The molecule has 2 aromatic rings. The molecule has 29 heavy (non-hydrogen) atoms. The molecule has 0 N–H and O–H groups in total. The van der Waals surface area contributed by atoms with Crippen LogP contribution in [0.4, 0.5) is 0 Å². The SMILES string of the molecule is CCCN(C)C(=O)c1ccc(-n2nc(CC(C)C)c3c2CC(C)(C)CC3=O)nc1. The molecule has 2 aromatic heterocycles. The number of pyridine rings is 1. The Kier molecular flexibility index (Phi) is 5.92. The molecule has 6 nitrogen and oxygen atoms in total. The van der Waals surface area contributed by atoms with E-state index in [-0.39, 0.29) is 17.1 Å². The molecule has 0 saturated heterocycles. The Bertz CT molecular complexity index is 910. The summed E-state index contributed by atoms with van der Waals surface area (Å²) in [7, 11) is 1.80. The van der Waals surface area contributed by atoms with Crippen LogP contribution in [-0.4, -0.2) is 44.9 Å². The van der Waals surface area contributed by atoms with Crippen LogP contribution in [0.1, 0.15) is 79.6 Å². The van der Waals surface area contributed by atoms with E-state index in [0.717, 1.165) is 36.2 Å². The standard InChI is InChI=1S/C23H32N4O2/c1-7-10-26(6)22(29)16-8-9-20(24-14-16)27-18-12-23(4,5)13-19(28)21(18)17(25-27)11-15(2)3/h8-9,14-15H,7,10-13H2,1-6H3. The smallest absolute Gasteiger partial charge is 0.255 e. The Labute approximate surface area is 173 Å². The molecule has 156 valence electrons. The number of fused-ring (bicyclic) bond motifs is 1. The molecule has 1 aliphatic rings. The van der Waals surface area contributed by atoms with Crippen molar-refractivity contribution in [1.29, 1.82) is 0 Å². The van der Waals surface area contributed by atoms with E-state index >= 15 is 0 Å². The van der Waals surface area contributed by atoms with Crippen LogP contribution in [-0.2, 0) is 12.8 Å². The van der Waals surface area contributed by atoms with E-state index < -0.39 is 0 Å². The summed E-state index contributed by atoms with van der Waals surface area (Å²) in [6, 6.07) is 3.62. The van der Waals surface area contributed by atoms with Gasteiger partial charge >= 0.3 is 0 Å². The zero-order chi connectivity index (χ0) is 21.3. The van der Waals surface area contributed by atoms with Gasteiger partial charge in [0.2, 0.25) is 0 Å². The highest BCUT2D eigenvalue weighted by Crippen LogP contribution is 2.37. The second-order valence-corrected chi connectivity index (χ2v) is 9.35. The third-order valence-corrected chi connectivity index (χ3v) is 5.34. The van der Waals surface area contributed by atoms with Crippen molar-refractivity contribution >= 4 is 11.7 Å². The fourth-order valence-electron chi connectivity index (χ4n) is 4.04. The van der Waals surface area contributed by atoms with Gasteiger partial charge in [-0.25, -0.2) is 9.67 Å². The topological polar surface area (TPSA) is 68.1 Å². The lowest BCUT2D eigenvalue weighted by atomic mass is 9.75. The van der Waals surface area contributed by atoms with Crippen LogP contribution in [0.25, 0.3) is 5.82 Å². The Balaban J connectivity index is 2.01. The lowest BCUT2D eigenvalue weighted by molar-refractivity contribution is 0.0794. The minimum Gasteiger partial charge on any atom is -0.342 e. The average molecular weight is 397 g/mol. The number of carbonyl (C=O) groups excluding carboxylic acids is 2. The second-order valence-electron chi connectivity index (χ2n) is 9.35. The van der Waals surface area contributed by atoms with Gasteiger partial charge in [0, 0.05) is 26.2 Å². The molecule has 0 unspecified atom stereocenters. The molecule has 0 bridgehead atoms. The number of ketones is 1. The molecule has 2 heterocycles. The number of nitrogens with zero attached hydrogens (tertiary/aromatic N) is 4. The number of hydrogen-bond donors (Lipinski definition) is 0. The lowest BCUT2D eigenvalue weighted by Crippen LogP contribution is -2.28. The van der Waals surface area contributed by atoms with Gasteiger partial charge in [-0.1, -0.05) is 34.6 Å². The van der Waals surface area contributed by atoms with E-state index in [4.69, 9.17) is 5.10 Å². The summed E-state index contributed by atoms with van der Waals surface area (Å²) in [5.41, 5.74) is 3.04. The highest BCUT2D eigenvalue weighted by molar-refractivity contribution is 6.00. The maximum atomic E-state index is 12.9. The van der Waals surface area contributed by atoms with E-state index in [1.165, 1.54) is 0 Å². The maximum absolute atomic E-state index is 12.9. The van der Waals surface area contributed by atoms with Crippen LogP contribution in [0.15, 0.2) is 18.3 Å². The molecule has 0 fully saturated rings. The second kappa shape index (κ2) is 8.09. The molecule has 0 spiro atoms. The van der Waals surface area contributed by atoms with Crippen LogP contribution in [0, 0.1) is 11.3 Å². The van der Waals surface area contributed by atoms with Crippen molar-refractivity contribution in [3.05, 3.63) is 40.8 Å². The molecule has 6 heteroatoms. The summed E-state index contributed by atoms with van der Waals surface area (Å²) in [5, 5.41) is 4.80. The van der Waals surface area contributed by atoms with Crippen LogP contribution < -0.4 is 0 Å². The minimum absolute atomic E-state index is 0.0368. The Morgan fingerprint density at radius 2 is 2.00 bits per heavy atom. The molecule has 0 atom stereocenters. The number of amides is 1.